The smallest absolute Gasteiger partial charge is 0.411 e. The highest BCUT2D eigenvalue weighted by atomic mass is 79.9. The zero-order chi connectivity index (χ0) is 15.9. The van der Waals surface area contributed by atoms with Crippen molar-refractivity contribution in [3.8, 4) is 0 Å². The predicted octanol–water partition coefficient (Wildman–Crippen LogP) is 4.27. The molecule has 5 nitrogen and oxygen atoms in total. The van der Waals surface area contributed by atoms with Gasteiger partial charge in [-0.1, -0.05) is 22.0 Å². The molecule has 2 rings (SSSR count). The maximum absolute atomic E-state index is 12.2. The number of hydrogen-bond donors (Lipinski definition) is 2. The number of benzene rings is 2. The zero-order valence-corrected chi connectivity index (χ0v) is 13.5. The molecule has 0 atom stereocenters. The molecule has 22 heavy (non-hydrogen) atoms. The topological polar surface area (TPSA) is 67.4 Å². The first-order valence-corrected chi connectivity index (χ1v) is 7.48. The fourth-order valence-electron chi connectivity index (χ4n) is 1.76. The van der Waals surface area contributed by atoms with Crippen molar-refractivity contribution in [2.24, 2.45) is 0 Å². The number of rotatable bonds is 4. The van der Waals surface area contributed by atoms with Crippen molar-refractivity contribution in [2.45, 2.75) is 6.92 Å². The molecular weight excluding hydrogens is 348 g/mol. The zero-order valence-electron chi connectivity index (χ0n) is 11.9. The third-order valence-corrected chi connectivity index (χ3v) is 3.28. The van der Waals surface area contributed by atoms with Crippen LogP contribution in [-0.4, -0.2) is 18.6 Å². The number of nitrogens with one attached hydrogen (secondary N) is 2. The van der Waals surface area contributed by atoms with Crippen LogP contribution >= 0.6 is 15.9 Å². The van der Waals surface area contributed by atoms with Crippen LogP contribution in [-0.2, 0) is 4.74 Å². The summed E-state index contributed by atoms with van der Waals surface area (Å²) in [4.78, 5) is 23.6. The molecule has 0 fully saturated rings. The van der Waals surface area contributed by atoms with Crippen molar-refractivity contribution >= 4 is 39.3 Å². The van der Waals surface area contributed by atoms with Gasteiger partial charge < -0.3 is 10.1 Å². The van der Waals surface area contributed by atoms with Gasteiger partial charge in [0.25, 0.3) is 5.91 Å². The Morgan fingerprint density at radius 3 is 2.45 bits per heavy atom. The van der Waals surface area contributed by atoms with Gasteiger partial charge in [0.2, 0.25) is 0 Å². The second-order valence-corrected chi connectivity index (χ2v) is 5.30. The molecule has 2 amide bonds. The van der Waals surface area contributed by atoms with Crippen molar-refractivity contribution in [3.63, 3.8) is 0 Å². The summed E-state index contributed by atoms with van der Waals surface area (Å²) in [6.07, 6.45) is -0.548. The van der Waals surface area contributed by atoms with Gasteiger partial charge in [0, 0.05) is 21.4 Å². The predicted molar refractivity (Wildman–Crippen MR) is 89.2 cm³/mol. The summed E-state index contributed by atoms with van der Waals surface area (Å²) in [6.45, 7) is 2.01. The summed E-state index contributed by atoms with van der Waals surface area (Å²) in [5.74, 6) is -0.255. The molecule has 2 N–H and O–H groups in total. The maximum atomic E-state index is 12.2. The Labute approximate surface area is 136 Å². The lowest BCUT2D eigenvalue weighted by atomic mass is 10.2. The van der Waals surface area contributed by atoms with E-state index < -0.39 is 6.09 Å². The van der Waals surface area contributed by atoms with E-state index in [-0.39, 0.29) is 12.5 Å². The van der Waals surface area contributed by atoms with Gasteiger partial charge >= 0.3 is 6.09 Å². The minimum atomic E-state index is -0.548. The lowest BCUT2D eigenvalue weighted by Gasteiger charge is -2.08. The average Bonchev–Trinajstić information content (AvgIpc) is 2.50. The first-order valence-electron chi connectivity index (χ1n) is 6.69. The van der Waals surface area contributed by atoms with E-state index in [2.05, 4.69) is 26.6 Å². The molecular formula is C16H15BrN2O3. The van der Waals surface area contributed by atoms with Crippen LogP contribution < -0.4 is 10.6 Å². The fraction of sp³-hybridized carbons (Fsp3) is 0.125. The molecule has 0 heterocycles. The Balaban J connectivity index is 2.06. The minimum absolute atomic E-state index is 0.255. The van der Waals surface area contributed by atoms with Gasteiger partial charge in [-0.25, -0.2) is 4.79 Å². The van der Waals surface area contributed by atoms with E-state index in [4.69, 9.17) is 4.74 Å². The lowest BCUT2D eigenvalue weighted by Crippen LogP contribution is -2.15. The number of carbonyl (C=O) groups excluding carboxylic acids is 2. The summed E-state index contributed by atoms with van der Waals surface area (Å²) in [5.41, 5.74) is 1.64. The number of amides is 2. The van der Waals surface area contributed by atoms with E-state index in [0.29, 0.717) is 16.9 Å². The van der Waals surface area contributed by atoms with E-state index in [9.17, 15) is 9.59 Å². The summed E-state index contributed by atoms with van der Waals surface area (Å²) in [7, 11) is 0. The van der Waals surface area contributed by atoms with Gasteiger partial charge in [0.05, 0.1) is 6.61 Å². The second-order valence-electron chi connectivity index (χ2n) is 4.39. The Kier molecular flexibility index (Phi) is 5.55. The van der Waals surface area contributed by atoms with Gasteiger partial charge in [-0.05, 0) is 49.4 Å². The van der Waals surface area contributed by atoms with Gasteiger partial charge in [-0.2, -0.15) is 0 Å². The molecule has 0 spiro atoms. The molecule has 2 aromatic rings. The van der Waals surface area contributed by atoms with Crippen LogP contribution in [0.25, 0.3) is 0 Å². The highest BCUT2D eigenvalue weighted by Gasteiger charge is 2.08. The van der Waals surface area contributed by atoms with Crippen LogP contribution in [0.15, 0.2) is 53.0 Å². The van der Waals surface area contributed by atoms with E-state index in [1.165, 1.54) is 0 Å². The van der Waals surface area contributed by atoms with Crippen molar-refractivity contribution in [3.05, 3.63) is 58.6 Å². The van der Waals surface area contributed by atoms with Crippen LogP contribution in [0.2, 0.25) is 0 Å². The SMILES string of the molecule is CCOC(=O)Nc1cccc(C(=O)Nc2ccc(Br)cc2)c1. The standard InChI is InChI=1S/C16H15BrN2O3/c1-2-22-16(21)19-14-5-3-4-11(10-14)15(20)18-13-8-6-12(17)7-9-13/h3-10H,2H2,1H3,(H,18,20)(H,19,21). The van der Waals surface area contributed by atoms with E-state index in [1.54, 1.807) is 43.3 Å². The van der Waals surface area contributed by atoms with Crippen molar-refractivity contribution in [1.82, 2.24) is 0 Å². The Morgan fingerprint density at radius 2 is 1.77 bits per heavy atom. The van der Waals surface area contributed by atoms with E-state index >= 15 is 0 Å². The molecule has 0 saturated heterocycles. The molecule has 0 aliphatic heterocycles. The molecule has 6 heteroatoms. The molecule has 2 aromatic carbocycles. The van der Waals surface area contributed by atoms with Crippen LogP contribution in [0.4, 0.5) is 16.2 Å². The third kappa shape index (κ3) is 4.60. The number of ether oxygens (including phenoxy) is 1. The molecule has 0 aliphatic carbocycles. The summed E-state index contributed by atoms with van der Waals surface area (Å²) < 4.78 is 5.73. The first-order chi connectivity index (χ1) is 10.6. The Hall–Kier alpha value is -2.34. The van der Waals surface area contributed by atoms with Crippen molar-refractivity contribution in [1.29, 1.82) is 0 Å². The highest BCUT2D eigenvalue weighted by molar-refractivity contribution is 9.10. The summed E-state index contributed by atoms with van der Waals surface area (Å²) >= 11 is 3.34. The Bertz CT molecular complexity index is 671. The third-order valence-electron chi connectivity index (χ3n) is 2.75. The number of halogens is 1. The van der Waals surface area contributed by atoms with E-state index in [0.717, 1.165) is 4.47 Å². The summed E-state index contributed by atoms with van der Waals surface area (Å²) in [6, 6.07) is 13.9. The average molecular weight is 363 g/mol. The van der Waals surface area contributed by atoms with Gasteiger partial charge in [0.1, 0.15) is 0 Å². The minimum Gasteiger partial charge on any atom is -0.450 e. The van der Waals surface area contributed by atoms with Crippen molar-refractivity contribution in [2.75, 3.05) is 17.2 Å². The number of carbonyl (C=O) groups is 2. The van der Waals surface area contributed by atoms with Crippen molar-refractivity contribution < 1.29 is 14.3 Å². The van der Waals surface area contributed by atoms with Crippen LogP contribution in [0.3, 0.4) is 0 Å². The molecule has 114 valence electrons. The summed E-state index contributed by atoms with van der Waals surface area (Å²) in [5, 5.41) is 5.35. The monoisotopic (exact) mass is 362 g/mol. The Morgan fingerprint density at radius 1 is 1.05 bits per heavy atom. The molecule has 0 radical (unpaired) electrons. The van der Waals surface area contributed by atoms with Crippen LogP contribution in [0.5, 0.6) is 0 Å². The fourth-order valence-corrected chi connectivity index (χ4v) is 2.02. The van der Waals surface area contributed by atoms with Gasteiger partial charge in [-0.3, -0.25) is 10.1 Å². The lowest BCUT2D eigenvalue weighted by molar-refractivity contribution is 0.102. The normalized spacial score (nSPS) is 9.91. The number of anilines is 2. The quantitative estimate of drug-likeness (QED) is 0.853. The molecule has 0 saturated carbocycles. The maximum Gasteiger partial charge on any atom is 0.411 e. The second kappa shape index (κ2) is 7.61. The largest absolute Gasteiger partial charge is 0.450 e. The molecule has 0 aromatic heterocycles. The molecule has 0 aliphatic rings. The highest BCUT2D eigenvalue weighted by Crippen LogP contribution is 2.16. The van der Waals surface area contributed by atoms with Crippen LogP contribution in [0.1, 0.15) is 17.3 Å². The molecule has 0 unspecified atom stereocenters. The van der Waals surface area contributed by atoms with Gasteiger partial charge in [0.15, 0.2) is 0 Å². The van der Waals surface area contributed by atoms with Gasteiger partial charge in [-0.15, -0.1) is 0 Å². The first kappa shape index (κ1) is 16.0. The van der Waals surface area contributed by atoms with Crippen LogP contribution in [0, 0.1) is 0 Å². The number of hydrogen-bond acceptors (Lipinski definition) is 3. The van der Waals surface area contributed by atoms with E-state index in [1.807, 2.05) is 12.1 Å². The molecule has 0 bridgehead atoms.